The van der Waals surface area contributed by atoms with Gasteiger partial charge in [0, 0.05) is 0 Å². The molecular weight excluding hydrogens is 371 g/mol. The fraction of sp³-hybridized carbons (Fsp3) is 0.308. The van der Waals surface area contributed by atoms with Gasteiger partial charge >= 0.3 is 122 Å². The molecule has 0 saturated heterocycles. The molecule has 0 bridgehead atoms. The van der Waals surface area contributed by atoms with E-state index in [1.165, 1.54) is 20.8 Å². The summed E-state index contributed by atoms with van der Waals surface area (Å²) in [6, 6.07) is 8.97. The van der Waals surface area contributed by atoms with E-state index in [0.717, 1.165) is 5.56 Å². The third-order valence-electron chi connectivity index (χ3n) is 2.16. The van der Waals surface area contributed by atoms with Crippen molar-refractivity contribution in [1.29, 1.82) is 0 Å². The molecule has 0 amide bonds. The summed E-state index contributed by atoms with van der Waals surface area (Å²) in [4.78, 5) is 33.8. The summed E-state index contributed by atoms with van der Waals surface area (Å²) >= 11 is -4.64. The molecule has 0 heterocycles. The molecule has 0 unspecified atom stereocenters. The fourth-order valence-corrected chi connectivity index (χ4v) is 8.50. The van der Waals surface area contributed by atoms with Crippen LogP contribution >= 0.6 is 0 Å². The average Bonchev–Trinajstić information content (AvgIpc) is 2.26. The van der Waals surface area contributed by atoms with Crippen molar-refractivity contribution < 1.29 is 23.6 Å². The molecule has 6 nitrogen and oxygen atoms in total. The normalized spacial score (nSPS) is 10.6. The van der Waals surface area contributed by atoms with Crippen molar-refractivity contribution in [1.82, 2.24) is 0 Å². The van der Waals surface area contributed by atoms with Crippen LogP contribution in [0.25, 0.3) is 0 Å². The van der Waals surface area contributed by atoms with Crippen LogP contribution < -0.4 is 0 Å². The first kappa shape index (κ1) is 16.5. The summed E-state index contributed by atoms with van der Waals surface area (Å²) in [5, 5.41) is 0. The van der Waals surface area contributed by atoms with Gasteiger partial charge in [0.15, 0.2) is 0 Å². The molecule has 20 heavy (non-hydrogen) atoms. The Kier molecular flexibility index (Phi) is 6.00. The number of benzene rings is 1. The van der Waals surface area contributed by atoms with Crippen LogP contribution in [0.1, 0.15) is 26.3 Å². The van der Waals surface area contributed by atoms with Gasteiger partial charge in [-0.25, -0.2) is 0 Å². The minimum atomic E-state index is -4.64. The standard InChI is InChI=1S/C7H7.3C2H4O2.Sn/c1-7-5-3-2-4-6-7;3*1-2(3)4;/h2-6H,1H2;3*1H3,(H,3,4);/q;;;;+3/p-3. The van der Waals surface area contributed by atoms with E-state index in [2.05, 4.69) is 0 Å². The maximum atomic E-state index is 11.3. The topological polar surface area (TPSA) is 78.9 Å². The summed E-state index contributed by atoms with van der Waals surface area (Å²) in [6.45, 7) is 3.55. The molecule has 0 aromatic heterocycles. The molecule has 7 heteroatoms. The second kappa shape index (κ2) is 7.27. The first-order valence-electron chi connectivity index (χ1n) is 5.95. The molecule has 1 aromatic carbocycles. The first-order valence-corrected chi connectivity index (χ1v) is 11.5. The summed E-state index contributed by atoms with van der Waals surface area (Å²) in [7, 11) is 0. The Hall–Kier alpha value is -1.57. The molecule has 0 saturated carbocycles. The Morgan fingerprint density at radius 2 is 1.25 bits per heavy atom. The van der Waals surface area contributed by atoms with E-state index in [9.17, 15) is 14.4 Å². The molecular formula is C13H16O6Sn. The van der Waals surface area contributed by atoms with Crippen LogP contribution in [-0.4, -0.2) is 37.5 Å². The van der Waals surface area contributed by atoms with Crippen LogP contribution in [0.3, 0.4) is 0 Å². The molecule has 1 rings (SSSR count). The fourth-order valence-electron chi connectivity index (χ4n) is 1.67. The van der Waals surface area contributed by atoms with Crippen molar-refractivity contribution in [2.75, 3.05) is 0 Å². The van der Waals surface area contributed by atoms with E-state index in [1.807, 2.05) is 6.07 Å². The Balaban J connectivity index is 3.09. The van der Waals surface area contributed by atoms with Crippen molar-refractivity contribution in [3.63, 3.8) is 0 Å². The van der Waals surface area contributed by atoms with Crippen LogP contribution in [0.15, 0.2) is 30.3 Å². The van der Waals surface area contributed by atoms with Crippen LogP contribution in [0, 0.1) is 0 Å². The third kappa shape index (κ3) is 5.60. The predicted octanol–water partition coefficient (Wildman–Crippen LogP) is 1.40. The predicted molar refractivity (Wildman–Crippen MR) is 71.2 cm³/mol. The van der Waals surface area contributed by atoms with Crippen LogP contribution in [0.5, 0.6) is 0 Å². The molecule has 1 aromatic rings. The van der Waals surface area contributed by atoms with E-state index >= 15 is 0 Å². The molecule has 0 N–H and O–H groups in total. The van der Waals surface area contributed by atoms with Gasteiger partial charge in [-0.2, -0.15) is 0 Å². The van der Waals surface area contributed by atoms with Gasteiger partial charge in [-0.05, 0) is 0 Å². The van der Waals surface area contributed by atoms with Crippen LogP contribution in [0.4, 0.5) is 0 Å². The minimum absolute atomic E-state index is 0.119. The monoisotopic (exact) mass is 388 g/mol. The Morgan fingerprint density at radius 3 is 1.60 bits per heavy atom. The molecule has 0 fully saturated rings. The van der Waals surface area contributed by atoms with Gasteiger partial charge in [0.1, 0.15) is 0 Å². The summed E-state index contributed by atoms with van der Waals surface area (Å²) in [5.74, 6) is -1.92. The Labute approximate surface area is 122 Å². The number of carbonyl (C=O) groups is 3. The Morgan fingerprint density at radius 1 is 0.850 bits per heavy atom. The van der Waals surface area contributed by atoms with E-state index in [1.54, 1.807) is 24.3 Å². The van der Waals surface area contributed by atoms with Gasteiger partial charge in [0.05, 0.1) is 0 Å². The molecule has 0 aliphatic carbocycles. The van der Waals surface area contributed by atoms with Crippen molar-refractivity contribution in [3.8, 4) is 0 Å². The zero-order chi connectivity index (χ0) is 15.2. The molecule has 0 spiro atoms. The quantitative estimate of drug-likeness (QED) is 0.711. The maximum absolute atomic E-state index is 11.3. The summed E-state index contributed by atoms with van der Waals surface area (Å²) in [5.41, 5.74) is 0.770. The van der Waals surface area contributed by atoms with Crippen molar-refractivity contribution in [3.05, 3.63) is 35.9 Å². The van der Waals surface area contributed by atoms with Gasteiger partial charge in [-0.15, -0.1) is 0 Å². The summed E-state index contributed by atoms with van der Waals surface area (Å²) in [6.07, 6.45) is 0. The van der Waals surface area contributed by atoms with E-state index in [4.69, 9.17) is 9.22 Å². The SMILES string of the molecule is CC(=O)[O][Sn]([CH2]c1ccccc1)([O]C(C)=O)[O]C(C)=O. The second-order valence-corrected chi connectivity index (χ2v) is 10.8. The second-order valence-electron chi connectivity index (χ2n) is 4.13. The molecule has 0 aliphatic rings. The van der Waals surface area contributed by atoms with Gasteiger partial charge in [-0.3, -0.25) is 0 Å². The van der Waals surface area contributed by atoms with Gasteiger partial charge in [0.2, 0.25) is 0 Å². The van der Waals surface area contributed by atoms with Crippen molar-refractivity contribution >= 4 is 37.5 Å². The van der Waals surface area contributed by atoms with Gasteiger partial charge in [0.25, 0.3) is 0 Å². The number of carbonyl (C=O) groups excluding carboxylic acids is 3. The molecule has 0 radical (unpaired) electrons. The molecule has 0 aliphatic heterocycles. The molecule has 0 atom stereocenters. The number of hydrogen-bond donors (Lipinski definition) is 0. The average molecular weight is 387 g/mol. The first-order chi connectivity index (χ1) is 9.33. The van der Waals surface area contributed by atoms with E-state index in [0.29, 0.717) is 0 Å². The molecule has 108 valence electrons. The number of hydrogen-bond acceptors (Lipinski definition) is 6. The van der Waals surface area contributed by atoms with Gasteiger partial charge < -0.3 is 0 Å². The van der Waals surface area contributed by atoms with Crippen molar-refractivity contribution in [2.24, 2.45) is 0 Å². The zero-order valence-electron chi connectivity index (χ0n) is 11.5. The van der Waals surface area contributed by atoms with Crippen LogP contribution in [0.2, 0.25) is 0 Å². The zero-order valence-corrected chi connectivity index (χ0v) is 14.4. The Bertz CT molecular complexity index is 458. The number of rotatable bonds is 5. The van der Waals surface area contributed by atoms with Gasteiger partial charge in [-0.1, -0.05) is 0 Å². The summed E-state index contributed by atoms with van der Waals surface area (Å²) < 4.78 is 15.6. The third-order valence-corrected chi connectivity index (χ3v) is 9.69. The van der Waals surface area contributed by atoms with Crippen molar-refractivity contribution in [2.45, 2.75) is 25.2 Å². The van der Waals surface area contributed by atoms with Crippen LogP contribution in [-0.2, 0) is 28.0 Å². The van der Waals surface area contributed by atoms with E-state index in [-0.39, 0.29) is 4.44 Å². The van der Waals surface area contributed by atoms with E-state index < -0.39 is 37.5 Å².